The maximum Gasteiger partial charge on any atom is 0.227 e. The van der Waals surface area contributed by atoms with Crippen molar-refractivity contribution in [3.63, 3.8) is 0 Å². The van der Waals surface area contributed by atoms with Gasteiger partial charge >= 0.3 is 0 Å². The fourth-order valence-electron chi connectivity index (χ4n) is 2.11. The maximum absolute atomic E-state index is 11.7. The number of hydrogen-bond donors (Lipinski definition) is 2. The largest absolute Gasteiger partial charge is 0.388 e. The molecule has 4 nitrogen and oxygen atoms in total. The van der Waals surface area contributed by atoms with E-state index in [4.69, 9.17) is 0 Å². The highest BCUT2D eigenvalue weighted by molar-refractivity contribution is 5.95. The van der Waals surface area contributed by atoms with Crippen LogP contribution in [0.5, 0.6) is 0 Å². The highest BCUT2D eigenvalue weighted by Gasteiger charge is 2.24. The number of hydrogen-bond acceptors (Lipinski definition) is 3. The van der Waals surface area contributed by atoms with Crippen LogP contribution in [0.4, 0.5) is 11.4 Å². The zero-order chi connectivity index (χ0) is 14.0. The Morgan fingerprint density at radius 3 is 2.74 bits per heavy atom. The number of carbonyl (C=O) groups is 1. The van der Waals surface area contributed by atoms with Crippen molar-refractivity contribution in [2.24, 2.45) is 0 Å². The van der Waals surface area contributed by atoms with Crippen LogP contribution in [0.2, 0.25) is 0 Å². The molecule has 19 heavy (non-hydrogen) atoms. The lowest BCUT2D eigenvalue weighted by Gasteiger charge is -2.28. The third-order valence-corrected chi connectivity index (χ3v) is 3.67. The summed E-state index contributed by atoms with van der Waals surface area (Å²) in [5.74, 6) is 0.188. The average molecular weight is 262 g/mol. The standard InChI is InChI=1S/C15H22N2O2/c1-11(15(2,3)19)16-12-6-4-7-13(10-12)17-9-5-8-14(17)18/h4,6-7,10-11,16,19H,5,8-9H2,1-3H3. The van der Waals surface area contributed by atoms with Crippen LogP contribution in [0.15, 0.2) is 24.3 Å². The van der Waals surface area contributed by atoms with E-state index < -0.39 is 5.60 Å². The molecule has 4 heteroatoms. The van der Waals surface area contributed by atoms with Crippen LogP contribution in [-0.2, 0) is 4.79 Å². The predicted octanol–water partition coefficient (Wildman–Crippen LogP) is 2.38. The van der Waals surface area contributed by atoms with Crippen molar-refractivity contribution < 1.29 is 9.90 Å². The van der Waals surface area contributed by atoms with Gasteiger partial charge in [0, 0.05) is 24.3 Å². The van der Waals surface area contributed by atoms with Crippen LogP contribution in [-0.4, -0.2) is 29.2 Å². The predicted molar refractivity (Wildman–Crippen MR) is 77.4 cm³/mol. The van der Waals surface area contributed by atoms with Gasteiger partial charge in [0.2, 0.25) is 5.91 Å². The van der Waals surface area contributed by atoms with Crippen molar-refractivity contribution in [1.29, 1.82) is 0 Å². The zero-order valence-corrected chi connectivity index (χ0v) is 11.8. The van der Waals surface area contributed by atoms with Crippen LogP contribution in [0.25, 0.3) is 0 Å². The van der Waals surface area contributed by atoms with E-state index in [-0.39, 0.29) is 11.9 Å². The fraction of sp³-hybridized carbons (Fsp3) is 0.533. The van der Waals surface area contributed by atoms with Crippen LogP contribution in [0.3, 0.4) is 0 Å². The van der Waals surface area contributed by atoms with Gasteiger partial charge in [0.15, 0.2) is 0 Å². The Morgan fingerprint density at radius 2 is 2.16 bits per heavy atom. The van der Waals surface area contributed by atoms with E-state index in [9.17, 15) is 9.90 Å². The molecule has 1 unspecified atom stereocenters. The molecule has 0 spiro atoms. The van der Waals surface area contributed by atoms with Gasteiger partial charge in [-0.05, 0) is 45.4 Å². The molecular weight excluding hydrogens is 240 g/mol. The van der Waals surface area contributed by atoms with Crippen molar-refractivity contribution >= 4 is 17.3 Å². The molecule has 1 aliphatic heterocycles. The molecule has 1 aromatic carbocycles. The molecule has 0 aliphatic carbocycles. The third-order valence-electron chi connectivity index (χ3n) is 3.67. The van der Waals surface area contributed by atoms with Crippen LogP contribution in [0, 0.1) is 0 Å². The first-order valence-corrected chi connectivity index (χ1v) is 6.77. The highest BCUT2D eigenvalue weighted by atomic mass is 16.3. The lowest BCUT2D eigenvalue weighted by molar-refractivity contribution is -0.117. The first-order chi connectivity index (χ1) is 8.88. The summed E-state index contributed by atoms with van der Waals surface area (Å²) >= 11 is 0. The maximum atomic E-state index is 11.7. The van der Waals surface area contributed by atoms with Gasteiger partial charge < -0.3 is 15.3 Å². The Morgan fingerprint density at radius 1 is 1.42 bits per heavy atom. The normalized spacial score (nSPS) is 17.7. The molecule has 1 amide bonds. The minimum atomic E-state index is -0.792. The topological polar surface area (TPSA) is 52.6 Å². The summed E-state index contributed by atoms with van der Waals surface area (Å²) < 4.78 is 0. The molecule has 0 aromatic heterocycles. The summed E-state index contributed by atoms with van der Waals surface area (Å²) in [4.78, 5) is 13.6. The van der Waals surface area contributed by atoms with Gasteiger partial charge in [0.05, 0.1) is 11.6 Å². The van der Waals surface area contributed by atoms with Gasteiger partial charge in [0.1, 0.15) is 0 Å². The van der Waals surface area contributed by atoms with E-state index in [1.54, 1.807) is 13.8 Å². The fourth-order valence-corrected chi connectivity index (χ4v) is 2.11. The molecule has 1 atom stereocenters. The summed E-state index contributed by atoms with van der Waals surface area (Å²) in [6.07, 6.45) is 1.56. The van der Waals surface area contributed by atoms with Crippen molar-refractivity contribution in [1.82, 2.24) is 0 Å². The molecular formula is C15H22N2O2. The first kappa shape index (κ1) is 13.9. The number of aliphatic hydroxyl groups is 1. The Kier molecular flexibility index (Phi) is 3.80. The molecule has 1 fully saturated rings. The summed E-state index contributed by atoms with van der Waals surface area (Å²) in [6, 6.07) is 7.72. The lowest BCUT2D eigenvalue weighted by atomic mass is 10.0. The van der Waals surface area contributed by atoms with Gasteiger partial charge in [-0.15, -0.1) is 0 Å². The molecule has 2 rings (SSSR count). The summed E-state index contributed by atoms with van der Waals surface area (Å²) in [6.45, 7) is 6.29. The van der Waals surface area contributed by atoms with Gasteiger partial charge in [0.25, 0.3) is 0 Å². The monoisotopic (exact) mass is 262 g/mol. The average Bonchev–Trinajstić information content (AvgIpc) is 2.74. The zero-order valence-electron chi connectivity index (χ0n) is 11.8. The van der Waals surface area contributed by atoms with E-state index >= 15 is 0 Å². The van der Waals surface area contributed by atoms with Crippen LogP contribution >= 0.6 is 0 Å². The Hall–Kier alpha value is -1.55. The quantitative estimate of drug-likeness (QED) is 0.876. The SMILES string of the molecule is CC(Nc1cccc(N2CCCC2=O)c1)C(C)(C)O. The minimum Gasteiger partial charge on any atom is -0.388 e. The number of carbonyl (C=O) groups excluding carboxylic acids is 1. The minimum absolute atomic E-state index is 0.0722. The van der Waals surface area contributed by atoms with Gasteiger partial charge in [-0.25, -0.2) is 0 Å². The molecule has 1 saturated heterocycles. The van der Waals surface area contributed by atoms with E-state index in [0.717, 1.165) is 24.3 Å². The van der Waals surface area contributed by atoms with Crippen molar-refractivity contribution in [3.8, 4) is 0 Å². The second-order valence-corrected chi connectivity index (χ2v) is 5.72. The molecule has 0 radical (unpaired) electrons. The number of nitrogens with zero attached hydrogens (tertiary/aromatic N) is 1. The van der Waals surface area contributed by atoms with Gasteiger partial charge in [-0.1, -0.05) is 6.07 Å². The summed E-state index contributed by atoms with van der Waals surface area (Å²) in [5.41, 5.74) is 1.06. The van der Waals surface area contributed by atoms with Crippen molar-refractivity contribution in [3.05, 3.63) is 24.3 Å². The van der Waals surface area contributed by atoms with E-state index in [1.165, 1.54) is 0 Å². The number of amides is 1. The number of rotatable bonds is 4. The number of nitrogens with one attached hydrogen (secondary N) is 1. The van der Waals surface area contributed by atoms with E-state index in [2.05, 4.69) is 5.32 Å². The second-order valence-electron chi connectivity index (χ2n) is 5.72. The van der Waals surface area contributed by atoms with Crippen molar-refractivity contribution in [2.75, 3.05) is 16.8 Å². The van der Waals surface area contributed by atoms with Gasteiger partial charge in [-0.3, -0.25) is 4.79 Å². The molecule has 1 aromatic rings. The van der Waals surface area contributed by atoms with E-state index in [0.29, 0.717) is 6.42 Å². The molecule has 1 heterocycles. The molecule has 2 N–H and O–H groups in total. The number of benzene rings is 1. The van der Waals surface area contributed by atoms with Gasteiger partial charge in [-0.2, -0.15) is 0 Å². The van der Waals surface area contributed by atoms with E-state index in [1.807, 2.05) is 36.1 Å². The smallest absolute Gasteiger partial charge is 0.227 e. The molecule has 104 valence electrons. The number of anilines is 2. The molecule has 0 bridgehead atoms. The Balaban J connectivity index is 2.13. The Labute approximate surface area is 114 Å². The molecule has 1 aliphatic rings. The lowest BCUT2D eigenvalue weighted by Crippen LogP contribution is -2.39. The first-order valence-electron chi connectivity index (χ1n) is 6.77. The van der Waals surface area contributed by atoms with Crippen LogP contribution in [0.1, 0.15) is 33.6 Å². The highest BCUT2D eigenvalue weighted by Crippen LogP contribution is 2.25. The molecule has 0 saturated carbocycles. The second kappa shape index (κ2) is 5.21. The van der Waals surface area contributed by atoms with Crippen LogP contribution < -0.4 is 10.2 Å². The summed E-state index contributed by atoms with van der Waals surface area (Å²) in [5, 5.41) is 13.2. The Bertz CT molecular complexity index is 465. The third kappa shape index (κ3) is 3.26. The van der Waals surface area contributed by atoms with Crippen molar-refractivity contribution in [2.45, 2.75) is 45.3 Å². The summed E-state index contributed by atoms with van der Waals surface area (Å²) in [7, 11) is 0.